The zero-order valence-electron chi connectivity index (χ0n) is 9.04. The molecule has 0 bridgehead atoms. The minimum absolute atomic E-state index is 0.326. The number of carbonyl (C=O) groups excluding carboxylic acids is 1. The van der Waals surface area contributed by atoms with Gasteiger partial charge in [-0.3, -0.25) is 4.79 Å². The monoisotopic (exact) mass is 319 g/mol. The summed E-state index contributed by atoms with van der Waals surface area (Å²) in [4.78, 5) is 22.6. The highest BCUT2D eigenvalue weighted by atomic mass is 79.9. The molecule has 0 spiro atoms. The largest absolute Gasteiger partial charge is 0.480 e. The highest BCUT2D eigenvalue weighted by Crippen LogP contribution is 2.21. The Hall–Kier alpha value is -1.07. The average molecular weight is 321 g/mol. The minimum atomic E-state index is -1.05. The summed E-state index contributed by atoms with van der Waals surface area (Å²) in [5, 5.41) is 11.8. The van der Waals surface area contributed by atoms with E-state index >= 15 is 0 Å². The zero-order valence-corrected chi connectivity index (χ0v) is 11.4. The molecular formula is C11H11BrClNO3. The number of aliphatic carboxylic acids is 1. The van der Waals surface area contributed by atoms with Gasteiger partial charge in [-0.15, -0.1) is 0 Å². The Morgan fingerprint density at radius 1 is 1.53 bits per heavy atom. The van der Waals surface area contributed by atoms with Crippen LogP contribution in [0, 0.1) is 0 Å². The van der Waals surface area contributed by atoms with E-state index in [-0.39, 0.29) is 0 Å². The number of hydrogen-bond donors (Lipinski definition) is 2. The van der Waals surface area contributed by atoms with Gasteiger partial charge in [0.25, 0.3) is 5.91 Å². The standard InChI is InChI=1S/C11H11BrClNO3/c1-2-9(11(16)17)14-10(15)7-4-3-6(13)5-8(7)12/h3-5,9H,2H2,1H3,(H,14,15)(H,16,17)/t9-/m0/s1. The second-order valence-corrected chi connectivity index (χ2v) is 4.69. The van der Waals surface area contributed by atoms with Crippen LogP contribution in [0.25, 0.3) is 0 Å². The number of hydrogen-bond acceptors (Lipinski definition) is 2. The van der Waals surface area contributed by atoms with Gasteiger partial charge in [0, 0.05) is 9.50 Å². The lowest BCUT2D eigenvalue weighted by atomic mass is 10.1. The topological polar surface area (TPSA) is 66.4 Å². The molecule has 0 saturated carbocycles. The van der Waals surface area contributed by atoms with Crippen molar-refractivity contribution in [2.24, 2.45) is 0 Å². The van der Waals surface area contributed by atoms with Gasteiger partial charge >= 0.3 is 5.97 Å². The summed E-state index contributed by atoms with van der Waals surface area (Å²) in [6.45, 7) is 1.69. The molecule has 1 aromatic carbocycles. The Morgan fingerprint density at radius 3 is 2.65 bits per heavy atom. The highest BCUT2D eigenvalue weighted by molar-refractivity contribution is 9.10. The van der Waals surface area contributed by atoms with E-state index in [0.29, 0.717) is 21.5 Å². The molecule has 1 atom stereocenters. The van der Waals surface area contributed by atoms with Crippen molar-refractivity contribution < 1.29 is 14.7 Å². The van der Waals surface area contributed by atoms with Crippen LogP contribution < -0.4 is 5.32 Å². The van der Waals surface area contributed by atoms with Crippen LogP contribution in [0.2, 0.25) is 5.02 Å². The molecular weight excluding hydrogens is 309 g/mol. The molecule has 6 heteroatoms. The maximum atomic E-state index is 11.8. The number of benzene rings is 1. The van der Waals surface area contributed by atoms with E-state index in [2.05, 4.69) is 21.2 Å². The summed E-state index contributed by atoms with van der Waals surface area (Å²) in [5.74, 6) is -1.49. The second kappa shape index (κ2) is 6.02. The van der Waals surface area contributed by atoms with Crippen molar-refractivity contribution in [1.29, 1.82) is 0 Å². The minimum Gasteiger partial charge on any atom is -0.480 e. The second-order valence-electron chi connectivity index (χ2n) is 3.40. The summed E-state index contributed by atoms with van der Waals surface area (Å²) >= 11 is 8.95. The number of halogens is 2. The van der Waals surface area contributed by atoms with Crippen molar-refractivity contribution >= 4 is 39.4 Å². The van der Waals surface area contributed by atoms with E-state index < -0.39 is 17.9 Å². The maximum absolute atomic E-state index is 11.8. The van der Waals surface area contributed by atoms with Crippen molar-refractivity contribution in [2.45, 2.75) is 19.4 Å². The van der Waals surface area contributed by atoms with Crippen molar-refractivity contribution in [3.05, 3.63) is 33.3 Å². The molecule has 1 amide bonds. The first-order valence-electron chi connectivity index (χ1n) is 4.94. The van der Waals surface area contributed by atoms with Crippen molar-refractivity contribution in [1.82, 2.24) is 5.32 Å². The van der Waals surface area contributed by atoms with Crippen molar-refractivity contribution in [3.63, 3.8) is 0 Å². The first-order chi connectivity index (χ1) is 7.95. The third kappa shape index (κ3) is 3.71. The van der Waals surface area contributed by atoms with Gasteiger partial charge in [-0.25, -0.2) is 4.79 Å². The fourth-order valence-electron chi connectivity index (χ4n) is 1.25. The highest BCUT2D eigenvalue weighted by Gasteiger charge is 2.19. The van der Waals surface area contributed by atoms with Crippen LogP contribution in [0.1, 0.15) is 23.7 Å². The van der Waals surface area contributed by atoms with E-state index in [1.54, 1.807) is 19.1 Å². The number of rotatable bonds is 4. The van der Waals surface area contributed by atoms with E-state index in [0.717, 1.165) is 0 Å². The maximum Gasteiger partial charge on any atom is 0.326 e. The van der Waals surface area contributed by atoms with Gasteiger partial charge in [0.05, 0.1) is 5.56 Å². The fraction of sp³-hybridized carbons (Fsp3) is 0.273. The van der Waals surface area contributed by atoms with Crippen LogP contribution in [0.3, 0.4) is 0 Å². The van der Waals surface area contributed by atoms with Crippen LogP contribution in [0.5, 0.6) is 0 Å². The van der Waals surface area contributed by atoms with Gasteiger partial charge in [-0.2, -0.15) is 0 Å². The first kappa shape index (κ1) is 14.0. The normalized spacial score (nSPS) is 11.9. The zero-order chi connectivity index (χ0) is 13.0. The number of carboxylic acid groups (broad SMARTS) is 1. The summed E-state index contributed by atoms with van der Waals surface area (Å²) in [7, 11) is 0. The van der Waals surface area contributed by atoms with Gasteiger partial charge in [0.2, 0.25) is 0 Å². The van der Waals surface area contributed by atoms with Crippen LogP contribution in [-0.2, 0) is 4.79 Å². The van der Waals surface area contributed by atoms with E-state index in [9.17, 15) is 9.59 Å². The van der Waals surface area contributed by atoms with Crippen molar-refractivity contribution in [2.75, 3.05) is 0 Å². The third-order valence-electron chi connectivity index (χ3n) is 2.19. The molecule has 17 heavy (non-hydrogen) atoms. The molecule has 0 fully saturated rings. The molecule has 0 aliphatic rings. The lowest BCUT2D eigenvalue weighted by Crippen LogP contribution is -2.40. The molecule has 4 nitrogen and oxygen atoms in total. The molecule has 0 aliphatic carbocycles. The molecule has 0 unspecified atom stereocenters. The third-order valence-corrected chi connectivity index (χ3v) is 3.08. The number of nitrogens with one attached hydrogen (secondary N) is 1. The summed E-state index contributed by atoms with van der Waals surface area (Å²) in [6.07, 6.45) is 0.326. The van der Waals surface area contributed by atoms with Gasteiger partial charge in [-0.05, 0) is 40.5 Å². The fourth-order valence-corrected chi connectivity index (χ4v) is 2.11. The Morgan fingerprint density at radius 2 is 2.18 bits per heavy atom. The lowest BCUT2D eigenvalue weighted by Gasteiger charge is -2.13. The van der Waals surface area contributed by atoms with Crippen LogP contribution >= 0.6 is 27.5 Å². The van der Waals surface area contributed by atoms with Gasteiger partial charge < -0.3 is 10.4 Å². The van der Waals surface area contributed by atoms with Crippen LogP contribution in [0.15, 0.2) is 22.7 Å². The molecule has 1 aromatic rings. The quantitative estimate of drug-likeness (QED) is 0.896. The molecule has 1 rings (SSSR count). The molecule has 92 valence electrons. The number of carbonyl (C=O) groups is 2. The number of amides is 1. The molecule has 0 aromatic heterocycles. The molecule has 0 radical (unpaired) electrons. The van der Waals surface area contributed by atoms with E-state index in [4.69, 9.17) is 16.7 Å². The van der Waals surface area contributed by atoms with Crippen molar-refractivity contribution in [3.8, 4) is 0 Å². The SMILES string of the molecule is CC[C@H](NC(=O)c1ccc(Cl)cc1Br)C(=O)O. The lowest BCUT2D eigenvalue weighted by molar-refractivity contribution is -0.139. The summed E-state index contributed by atoms with van der Waals surface area (Å²) < 4.78 is 0.530. The molecule has 2 N–H and O–H groups in total. The van der Waals surface area contributed by atoms with Gasteiger partial charge in [0.15, 0.2) is 0 Å². The van der Waals surface area contributed by atoms with E-state index in [1.165, 1.54) is 6.07 Å². The van der Waals surface area contributed by atoms with E-state index in [1.807, 2.05) is 0 Å². The predicted molar refractivity (Wildman–Crippen MR) is 68.3 cm³/mol. The predicted octanol–water partition coefficient (Wildman–Crippen LogP) is 2.70. The first-order valence-corrected chi connectivity index (χ1v) is 6.11. The smallest absolute Gasteiger partial charge is 0.326 e. The average Bonchev–Trinajstić information content (AvgIpc) is 2.24. The van der Waals surface area contributed by atoms with Crippen LogP contribution in [-0.4, -0.2) is 23.0 Å². The van der Waals surface area contributed by atoms with Crippen LogP contribution in [0.4, 0.5) is 0 Å². The number of carboxylic acids is 1. The Balaban J connectivity index is 2.86. The molecule has 0 heterocycles. The molecule has 0 aliphatic heterocycles. The van der Waals surface area contributed by atoms with Gasteiger partial charge in [-0.1, -0.05) is 18.5 Å². The Kier molecular flexibility index (Phi) is 4.96. The Labute approximate surface area is 112 Å². The summed E-state index contributed by atoms with van der Waals surface area (Å²) in [5.41, 5.74) is 0.356. The summed E-state index contributed by atoms with van der Waals surface area (Å²) in [6, 6.07) is 3.81. The molecule has 0 saturated heterocycles. The Bertz CT molecular complexity index is 450. The van der Waals surface area contributed by atoms with Gasteiger partial charge in [0.1, 0.15) is 6.04 Å².